The first-order valence-electron chi connectivity index (χ1n) is 7.53. The zero-order valence-electron chi connectivity index (χ0n) is 12.5. The van der Waals surface area contributed by atoms with Crippen LogP contribution in [0.2, 0.25) is 0 Å². The second kappa shape index (κ2) is 5.64. The normalized spacial score (nSPS) is 16.3. The number of pyridine rings is 1. The van der Waals surface area contributed by atoms with Crippen molar-refractivity contribution in [1.29, 1.82) is 0 Å². The highest BCUT2D eigenvalue weighted by Crippen LogP contribution is 2.35. The molecule has 3 N–H and O–H groups in total. The van der Waals surface area contributed by atoms with Crippen molar-refractivity contribution < 1.29 is 4.79 Å². The molecule has 1 aliphatic rings. The molecule has 2 aromatic rings. The highest BCUT2D eigenvalue weighted by Gasteiger charge is 2.22. The van der Waals surface area contributed by atoms with Crippen molar-refractivity contribution in [3.8, 4) is 0 Å². The average molecular weight is 303 g/mol. The number of nitrogens with zero attached hydrogens (tertiary/aromatic N) is 1. The van der Waals surface area contributed by atoms with Gasteiger partial charge in [0.2, 0.25) is 0 Å². The maximum atomic E-state index is 12.5. The molecule has 0 saturated heterocycles. The number of nitrogens with one attached hydrogen (secondary N) is 1. The highest BCUT2D eigenvalue weighted by atomic mass is 32.1. The van der Waals surface area contributed by atoms with Crippen LogP contribution in [0.15, 0.2) is 6.07 Å². The van der Waals surface area contributed by atoms with Crippen LogP contribution in [0.3, 0.4) is 0 Å². The monoisotopic (exact) mass is 303 g/mol. The lowest BCUT2D eigenvalue weighted by molar-refractivity contribution is 0.0932. The molecule has 2 aromatic heterocycles. The number of thiophene rings is 1. The molecule has 21 heavy (non-hydrogen) atoms. The number of hydrogen-bond donors (Lipinski definition) is 2. The summed E-state index contributed by atoms with van der Waals surface area (Å²) in [6.45, 7) is 3.98. The Labute approximate surface area is 128 Å². The van der Waals surface area contributed by atoms with E-state index in [0.717, 1.165) is 34.3 Å². The van der Waals surface area contributed by atoms with E-state index in [0.29, 0.717) is 16.6 Å². The first kappa shape index (κ1) is 14.3. The molecular formula is C16H21N3OS. The van der Waals surface area contributed by atoms with Gasteiger partial charge in [0.1, 0.15) is 9.71 Å². The second-order valence-electron chi connectivity index (χ2n) is 5.91. The lowest BCUT2D eigenvalue weighted by atomic mass is 9.95. The largest absolute Gasteiger partial charge is 0.397 e. The first-order valence-corrected chi connectivity index (χ1v) is 8.35. The van der Waals surface area contributed by atoms with Crippen LogP contribution in [0.5, 0.6) is 0 Å². The fourth-order valence-corrected chi connectivity index (χ4v) is 4.26. The molecule has 0 aromatic carbocycles. The van der Waals surface area contributed by atoms with Crippen molar-refractivity contribution in [2.24, 2.45) is 0 Å². The Hall–Kier alpha value is -1.62. The smallest absolute Gasteiger partial charge is 0.263 e. The molecule has 1 fully saturated rings. The van der Waals surface area contributed by atoms with Crippen LogP contribution in [0.25, 0.3) is 10.2 Å². The number of fused-ring (bicyclic) bond motifs is 1. The van der Waals surface area contributed by atoms with Crippen molar-refractivity contribution in [2.45, 2.75) is 52.0 Å². The number of aromatic nitrogens is 1. The molecule has 5 heteroatoms. The van der Waals surface area contributed by atoms with Crippen LogP contribution in [0.1, 0.15) is 53.0 Å². The van der Waals surface area contributed by atoms with E-state index in [-0.39, 0.29) is 5.91 Å². The predicted molar refractivity (Wildman–Crippen MR) is 87.8 cm³/mol. The summed E-state index contributed by atoms with van der Waals surface area (Å²) in [4.78, 5) is 18.5. The van der Waals surface area contributed by atoms with E-state index in [4.69, 9.17) is 5.73 Å². The van der Waals surface area contributed by atoms with Crippen LogP contribution < -0.4 is 11.1 Å². The van der Waals surface area contributed by atoms with Gasteiger partial charge in [-0.2, -0.15) is 0 Å². The van der Waals surface area contributed by atoms with Gasteiger partial charge in [-0.25, -0.2) is 4.98 Å². The Kier molecular flexibility index (Phi) is 3.85. The van der Waals surface area contributed by atoms with Gasteiger partial charge in [-0.3, -0.25) is 4.79 Å². The number of aryl methyl sites for hydroxylation is 2. The molecule has 1 aliphatic carbocycles. The summed E-state index contributed by atoms with van der Waals surface area (Å²) >= 11 is 1.40. The summed E-state index contributed by atoms with van der Waals surface area (Å²) in [5.74, 6) is -0.0422. The zero-order chi connectivity index (χ0) is 15.0. The first-order chi connectivity index (χ1) is 10.1. The lowest BCUT2D eigenvalue weighted by Gasteiger charge is -2.22. The van der Waals surface area contributed by atoms with Crippen molar-refractivity contribution in [3.05, 3.63) is 22.2 Å². The number of carbonyl (C=O) groups is 1. The van der Waals surface area contributed by atoms with E-state index in [1.54, 1.807) is 0 Å². The number of carbonyl (C=O) groups excluding carboxylic acids is 1. The Morgan fingerprint density at radius 1 is 1.33 bits per heavy atom. The van der Waals surface area contributed by atoms with E-state index >= 15 is 0 Å². The van der Waals surface area contributed by atoms with E-state index in [1.807, 2.05) is 19.9 Å². The molecule has 2 heterocycles. The number of nitrogen functional groups attached to an aromatic ring is 1. The van der Waals surface area contributed by atoms with Gasteiger partial charge in [0.15, 0.2) is 0 Å². The van der Waals surface area contributed by atoms with E-state index in [2.05, 4.69) is 10.3 Å². The average Bonchev–Trinajstić information content (AvgIpc) is 2.77. The van der Waals surface area contributed by atoms with Gasteiger partial charge in [-0.15, -0.1) is 11.3 Å². The van der Waals surface area contributed by atoms with Gasteiger partial charge < -0.3 is 11.1 Å². The molecule has 1 saturated carbocycles. The molecule has 1 amide bonds. The third kappa shape index (κ3) is 2.75. The summed E-state index contributed by atoms with van der Waals surface area (Å²) in [5.41, 5.74) is 8.83. The van der Waals surface area contributed by atoms with Crippen LogP contribution in [-0.4, -0.2) is 16.9 Å². The SMILES string of the molecule is Cc1cc(C)c2c(N)c(C(=O)NC3CCCCC3)sc2n1. The Bertz CT molecular complexity index is 686. The topological polar surface area (TPSA) is 68.0 Å². The number of hydrogen-bond acceptors (Lipinski definition) is 4. The van der Waals surface area contributed by atoms with E-state index in [9.17, 15) is 4.79 Å². The minimum Gasteiger partial charge on any atom is -0.397 e. The van der Waals surface area contributed by atoms with Crippen LogP contribution >= 0.6 is 11.3 Å². The molecule has 0 bridgehead atoms. The fourth-order valence-electron chi connectivity index (χ4n) is 3.14. The Balaban J connectivity index is 1.91. The minimum atomic E-state index is -0.0422. The summed E-state index contributed by atoms with van der Waals surface area (Å²) < 4.78 is 0. The van der Waals surface area contributed by atoms with Crippen LogP contribution in [0.4, 0.5) is 5.69 Å². The van der Waals surface area contributed by atoms with Crippen LogP contribution in [-0.2, 0) is 0 Å². The number of anilines is 1. The molecule has 4 nitrogen and oxygen atoms in total. The van der Waals surface area contributed by atoms with Gasteiger partial charge in [-0.1, -0.05) is 19.3 Å². The van der Waals surface area contributed by atoms with Crippen molar-refractivity contribution in [3.63, 3.8) is 0 Å². The molecular weight excluding hydrogens is 282 g/mol. The number of rotatable bonds is 2. The summed E-state index contributed by atoms with van der Waals surface area (Å²) in [6, 6.07) is 2.31. The molecule has 0 atom stereocenters. The highest BCUT2D eigenvalue weighted by molar-refractivity contribution is 7.21. The fraction of sp³-hybridized carbons (Fsp3) is 0.500. The summed E-state index contributed by atoms with van der Waals surface area (Å²) in [6.07, 6.45) is 5.83. The maximum absolute atomic E-state index is 12.5. The summed E-state index contributed by atoms with van der Waals surface area (Å²) in [5, 5.41) is 4.06. The summed E-state index contributed by atoms with van der Waals surface area (Å²) in [7, 11) is 0. The van der Waals surface area contributed by atoms with Gasteiger partial charge in [0.25, 0.3) is 5.91 Å². The molecule has 0 unspecified atom stereocenters. The van der Waals surface area contributed by atoms with E-state index in [1.165, 1.54) is 30.6 Å². The van der Waals surface area contributed by atoms with Crippen molar-refractivity contribution >= 4 is 33.1 Å². The van der Waals surface area contributed by atoms with Crippen molar-refractivity contribution in [2.75, 3.05) is 5.73 Å². The Morgan fingerprint density at radius 3 is 2.76 bits per heavy atom. The molecule has 0 radical (unpaired) electrons. The zero-order valence-corrected chi connectivity index (χ0v) is 13.3. The standard InChI is InChI=1S/C16H21N3OS/c1-9-8-10(2)18-16-12(9)13(17)14(21-16)15(20)19-11-6-4-3-5-7-11/h8,11H,3-7,17H2,1-2H3,(H,19,20). The molecule has 3 rings (SSSR count). The quantitative estimate of drug-likeness (QED) is 0.891. The second-order valence-corrected chi connectivity index (χ2v) is 6.91. The number of amides is 1. The van der Waals surface area contributed by atoms with Gasteiger partial charge in [0.05, 0.1) is 5.69 Å². The number of nitrogens with two attached hydrogens (primary N) is 1. The van der Waals surface area contributed by atoms with Crippen LogP contribution in [0, 0.1) is 13.8 Å². The Morgan fingerprint density at radius 2 is 2.05 bits per heavy atom. The van der Waals surface area contributed by atoms with Gasteiger partial charge >= 0.3 is 0 Å². The maximum Gasteiger partial charge on any atom is 0.263 e. The van der Waals surface area contributed by atoms with Gasteiger partial charge in [-0.05, 0) is 38.3 Å². The molecule has 112 valence electrons. The minimum absolute atomic E-state index is 0.0422. The predicted octanol–water partition coefficient (Wildman–Crippen LogP) is 3.56. The molecule has 0 spiro atoms. The molecule has 0 aliphatic heterocycles. The lowest BCUT2D eigenvalue weighted by Crippen LogP contribution is -2.36. The third-order valence-corrected chi connectivity index (χ3v) is 5.27. The van der Waals surface area contributed by atoms with Gasteiger partial charge in [0, 0.05) is 17.1 Å². The van der Waals surface area contributed by atoms with Crippen molar-refractivity contribution in [1.82, 2.24) is 10.3 Å². The van der Waals surface area contributed by atoms with E-state index < -0.39 is 0 Å². The third-order valence-electron chi connectivity index (χ3n) is 4.17.